The quantitative estimate of drug-likeness (QED) is 0.390. The largest absolute Gasteiger partial charge is 0.309 e. The van der Waals surface area contributed by atoms with Crippen molar-refractivity contribution >= 4 is 0 Å². The summed E-state index contributed by atoms with van der Waals surface area (Å²) in [5, 5.41) is 0. The van der Waals surface area contributed by atoms with Crippen molar-refractivity contribution in [2.75, 3.05) is 0 Å². The zero-order valence-electron chi connectivity index (χ0n) is 15.5. The molecule has 128 valence electrons. The molecule has 4 rings (SSSR count). The molecule has 1 aromatic heterocycles. The maximum absolute atomic E-state index is 2.41. The van der Waals surface area contributed by atoms with Crippen molar-refractivity contribution in [2.45, 2.75) is 20.8 Å². The molecular formula is C25H23N. The molecule has 0 saturated heterocycles. The molecule has 1 nitrogen and oxygen atoms in total. The summed E-state index contributed by atoms with van der Waals surface area (Å²) in [7, 11) is 0. The molecule has 0 atom stereocenters. The average molecular weight is 337 g/mol. The lowest BCUT2D eigenvalue weighted by atomic mass is 10.0. The lowest BCUT2D eigenvalue weighted by molar-refractivity contribution is 1.05. The maximum Gasteiger partial charge on any atom is 0.0535 e. The Kier molecular flexibility index (Phi) is 4.22. The van der Waals surface area contributed by atoms with E-state index < -0.39 is 0 Å². The van der Waals surface area contributed by atoms with Gasteiger partial charge >= 0.3 is 0 Å². The minimum absolute atomic E-state index is 1.22. The van der Waals surface area contributed by atoms with Crippen LogP contribution < -0.4 is 0 Å². The summed E-state index contributed by atoms with van der Waals surface area (Å²) in [5.41, 5.74) is 10.1. The highest BCUT2D eigenvalue weighted by molar-refractivity contribution is 5.74. The Balaban J connectivity index is 2.05. The predicted octanol–water partition coefficient (Wildman–Crippen LogP) is 6.74. The van der Waals surface area contributed by atoms with Gasteiger partial charge in [0.15, 0.2) is 0 Å². The molecule has 0 aliphatic heterocycles. The molecule has 4 aromatic rings. The van der Waals surface area contributed by atoms with Crippen molar-refractivity contribution in [1.29, 1.82) is 0 Å². The van der Waals surface area contributed by atoms with E-state index in [1.54, 1.807) is 0 Å². The smallest absolute Gasteiger partial charge is 0.0535 e. The van der Waals surface area contributed by atoms with Crippen LogP contribution in [0.25, 0.3) is 28.2 Å². The molecule has 1 heterocycles. The van der Waals surface area contributed by atoms with Crippen LogP contribution in [-0.2, 0) is 0 Å². The highest BCUT2D eigenvalue weighted by Crippen LogP contribution is 2.35. The molecule has 0 spiro atoms. The summed E-state index contributed by atoms with van der Waals surface area (Å²) in [6.45, 7) is 6.58. The van der Waals surface area contributed by atoms with Crippen LogP contribution in [0, 0.1) is 20.8 Å². The van der Waals surface area contributed by atoms with Gasteiger partial charge in [-0.25, -0.2) is 0 Å². The van der Waals surface area contributed by atoms with Crippen LogP contribution in [0.2, 0.25) is 0 Å². The van der Waals surface area contributed by atoms with Crippen LogP contribution in [0.5, 0.6) is 0 Å². The van der Waals surface area contributed by atoms with Crippen molar-refractivity contribution in [3.8, 4) is 28.2 Å². The number of nitrogens with zero attached hydrogens (tertiary/aromatic N) is 1. The van der Waals surface area contributed by atoms with Crippen LogP contribution in [0.4, 0.5) is 0 Å². The van der Waals surface area contributed by atoms with E-state index >= 15 is 0 Å². The number of hydrogen-bond acceptors (Lipinski definition) is 0. The SMILES string of the molecule is Cc1cc(C)c(-n2c(-c3ccccc3)ccc2-c2ccccc2)c(C)c1. The minimum atomic E-state index is 1.22. The molecule has 0 fully saturated rings. The molecule has 26 heavy (non-hydrogen) atoms. The first-order chi connectivity index (χ1) is 12.6. The highest BCUT2D eigenvalue weighted by Gasteiger charge is 2.16. The van der Waals surface area contributed by atoms with E-state index in [0.29, 0.717) is 0 Å². The topological polar surface area (TPSA) is 4.93 Å². The molecule has 0 aliphatic carbocycles. The standard InChI is InChI=1S/C25H23N/c1-18-16-19(2)25(20(3)17-18)26-23(21-10-6-4-7-11-21)14-15-24(26)22-12-8-5-9-13-22/h4-17H,1-3H3. The van der Waals surface area contributed by atoms with E-state index in [4.69, 9.17) is 0 Å². The molecule has 1 heteroatoms. The summed E-state index contributed by atoms with van der Waals surface area (Å²) < 4.78 is 2.41. The van der Waals surface area contributed by atoms with E-state index in [2.05, 4.69) is 110 Å². The van der Waals surface area contributed by atoms with Gasteiger partial charge in [0.25, 0.3) is 0 Å². The van der Waals surface area contributed by atoms with E-state index in [0.717, 1.165) is 0 Å². The molecule has 0 N–H and O–H groups in total. The van der Waals surface area contributed by atoms with E-state index in [1.165, 1.54) is 44.9 Å². The fraction of sp³-hybridized carbons (Fsp3) is 0.120. The van der Waals surface area contributed by atoms with E-state index in [-0.39, 0.29) is 0 Å². The summed E-state index contributed by atoms with van der Waals surface area (Å²) in [5.74, 6) is 0. The third-order valence-electron chi connectivity index (χ3n) is 4.88. The normalized spacial score (nSPS) is 10.9. The fourth-order valence-corrected chi connectivity index (χ4v) is 3.87. The molecule has 0 radical (unpaired) electrons. The van der Waals surface area contributed by atoms with Gasteiger partial charge < -0.3 is 4.57 Å². The maximum atomic E-state index is 2.41. The number of benzene rings is 3. The Morgan fingerprint density at radius 1 is 0.538 bits per heavy atom. The molecule has 0 amide bonds. The monoisotopic (exact) mass is 337 g/mol. The highest BCUT2D eigenvalue weighted by atomic mass is 15.0. The van der Waals surface area contributed by atoms with Crippen molar-refractivity contribution in [1.82, 2.24) is 4.57 Å². The van der Waals surface area contributed by atoms with Crippen LogP contribution in [0.1, 0.15) is 16.7 Å². The van der Waals surface area contributed by atoms with Crippen molar-refractivity contribution < 1.29 is 0 Å². The predicted molar refractivity (Wildman–Crippen MR) is 111 cm³/mol. The van der Waals surface area contributed by atoms with Gasteiger partial charge in [0.05, 0.1) is 17.1 Å². The molecule has 0 bridgehead atoms. The zero-order valence-corrected chi connectivity index (χ0v) is 15.5. The summed E-state index contributed by atoms with van der Waals surface area (Å²) in [4.78, 5) is 0. The summed E-state index contributed by atoms with van der Waals surface area (Å²) in [6.07, 6.45) is 0. The molecule has 0 saturated carbocycles. The van der Waals surface area contributed by atoms with Crippen molar-refractivity contribution in [3.63, 3.8) is 0 Å². The Hall–Kier alpha value is -3.06. The molecule has 0 aliphatic rings. The van der Waals surface area contributed by atoms with Gasteiger partial charge in [-0.1, -0.05) is 78.4 Å². The lowest BCUT2D eigenvalue weighted by Gasteiger charge is -2.19. The van der Waals surface area contributed by atoms with Gasteiger partial charge in [-0.05, 0) is 55.2 Å². The van der Waals surface area contributed by atoms with Crippen molar-refractivity contribution in [3.05, 3.63) is 102 Å². The molecule has 3 aromatic carbocycles. The van der Waals surface area contributed by atoms with E-state index in [1.807, 2.05) is 0 Å². The Morgan fingerprint density at radius 2 is 0.962 bits per heavy atom. The van der Waals surface area contributed by atoms with Gasteiger partial charge in [0.1, 0.15) is 0 Å². The second-order valence-corrected chi connectivity index (χ2v) is 6.92. The van der Waals surface area contributed by atoms with Crippen LogP contribution in [-0.4, -0.2) is 4.57 Å². The van der Waals surface area contributed by atoms with Crippen LogP contribution >= 0.6 is 0 Å². The Labute approximate surface area is 155 Å². The second-order valence-electron chi connectivity index (χ2n) is 6.92. The van der Waals surface area contributed by atoms with Gasteiger partial charge in [-0.15, -0.1) is 0 Å². The first-order valence-corrected chi connectivity index (χ1v) is 9.06. The number of rotatable bonds is 3. The summed E-state index contributed by atoms with van der Waals surface area (Å²) in [6, 6.07) is 30.3. The van der Waals surface area contributed by atoms with Gasteiger partial charge in [0, 0.05) is 0 Å². The van der Waals surface area contributed by atoms with Gasteiger partial charge in [-0.3, -0.25) is 0 Å². The number of hydrogen-bond donors (Lipinski definition) is 0. The Morgan fingerprint density at radius 3 is 1.38 bits per heavy atom. The zero-order chi connectivity index (χ0) is 18.1. The average Bonchev–Trinajstić information content (AvgIpc) is 3.07. The molecule has 0 unspecified atom stereocenters. The van der Waals surface area contributed by atoms with Crippen LogP contribution in [0.3, 0.4) is 0 Å². The van der Waals surface area contributed by atoms with Gasteiger partial charge in [0.2, 0.25) is 0 Å². The number of aryl methyl sites for hydroxylation is 3. The van der Waals surface area contributed by atoms with Gasteiger partial charge in [-0.2, -0.15) is 0 Å². The lowest BCUT2D eigenvalue weighted by Crippen LogP contribution is -2.04. The first kappa shape index (κ1) is 16.4. The third-order valence-corrected chi connectivity index (χ3v) is 4.88. The number of aromatic nitrogens is 1. The van der Waals surface area contributed by atoms with Crippen molar-refractivity contribution in [2.24, 2.45) is 0 Å². The fourth-order valence-electron chi connectivity index (χ4n) is 3.87. The molecular weight excluding hydrogens is 314 g/mol. The van der Waals surface area contributed by atoms with E-state index in [9.17, 15) is 0 Å². The minimum Gasteiger partial charge on any atom is -0.309 e. The first-order valence-electron chi connectivity index (χ1n) is 9.06. The Bertz CT molecular complexity index is 960. The van der Waals surface area contributed by atoms with Crippen LogP contribution in [0.15, 0.2) is 84.9 Å². The second kappa shape index (κ2) is 6.68. The summed E-state index contributed by atoms with van der Waals surface area (Å²) >= 11 is 0. The third kappa shape index (κ3) is 2.86.